The molecule has 2 aromatic rings. The van der Waals surface area contributed by atoms with Crippen LogP contribution in [-0.2, 0) is 6.54 Å². The molecule has 0 aliphatic rings. The number of aromatic amines is 1. The van der Waals surface area contributed by atoms with Crippen LogP contribution in [0.15, 0.2) is 40.1 Å². The molecule has 19 heavy (non-hydrogen) atoms. The highest BCUT2D eigenvalue weighted by Crippen LogP contribution is 2.22. The lowest BCUT2D eigenvalue weighted by atomic mass is 10.1. The summed E-state index contributed by atoms with van der Waals surface area (Å²) in [5.41, 5.74) is 6.24. The maximum atomic E-state index is 11.6. The van der Waals surface area contributed by atoms with Gasteiger partial charge in [-0.2, -0.15) is 0 Å². The summed E-state index contributed by atoms with van der Waals surface area (Å²) in [5, 5.41) is 0. The molecule has 0 fully saturated rings. The molecule has 0 saturated heterocycles. The standard InChI is InChI=1S/C13H15N3O3/c1-2-19-11-4-3-10(14)7-9(11)8-16-6-5-12(17)15-13(16)18/h3-7H,2,8,14H2,1H3,(H,15,17,18). The van der Waals surface area contributed by atoms with E-state index in [-0.39, 0.29) is 6.54 Å². The predicted octanol–water partition coefficient (Wildman–Crippen LogP) is 0.566. The number of nitrogen functional groups attached to an aromatic ring is 1. The summed E-state index contributed by atoms with van der Waals surface area (Å²) < 4.78 is 6.87. The van der Waals surface area contributed by atoms with E-state index < -0.39 is 11.2 Å². The van der Waals surface area contributed by atoms with Crippen molar-refractivity contribution in [3.63, 3.8) is 0 Å². The van der Waals surface area contributed by atoms with E-state index in [9.17, 15) is 9.59 Å². The van der Waals surface area contributed by atoms with Crippen LogP contribution in [0.5, 0.6) is 5.75 Å². The highest BCUT2D eigenvalue weighted by atomic mass is 16.5. The van der Waals surface area contributed by atoms with Crippen LogP contribution in [0.1, 0.15) is 12.5 Å². The Balaban J connectivity index is 2.39. The number of hydrogen-bond donors (Lipinski definition) is 2. The normalized spacial score (nSPS) is 10.4. The number of nitrogens with two attached hydrogens (primary N) is 1. The van der Waals surface area contributed by atoms with E-state index in [1.54, 1.807) is 18.2 Å². The number of hydrogen-bond acceptors (Lipinski definition) is 4. The van der Waals surface area contributed by atoms with Gasteiger partial charge in [0.25, 0.3) is 5.56 Å². The number of H-pyrrole nitrogens is 1. The molecule has 3 N–H and O–H groups in total. The van der Waals surface area contributed by atoms with Crippen molar-refractivity contribution in [3.8, 4) is 5.75 Å². The summed E-state index contributed by atoms with van der Waals surface area (Å²) in [5.74, 6) is 0.676. The number of aromatic nitrogens is 2. The van der Waals surface area contributed by atoms with Gasteiger partial charge in [0, 0.05) is 23.5 Å². The number of nitrogens with zero attached hydrogens (tertiary/aromatic N) is 1. The molecule has 0 amide bonds. The first kappa shape index (κ1) is 12.9. The molecule has 1 aromatic heterocycles. The average Bonchev–Trinajstić information content (AvgIpc) is 2.36. The zero-order valence-corrected chi connectivity index (χ0v) is 10.6. The summed E-state index contributed by atoms with van der Waals surface area (Å²) in [4.78, 5) is 24.8. The molecule has 6 heteroatoms. The van der Waals surface area contributed by atoms with Crippen molar-refractivity contribution in [1.82, 2.24) is 9.55 Å². The van der Waals surface area contributed by atoms with Gasteiger partial charge in [-0.15, -0.1) is 0 Å². The van der Waals surface area contributed by atoms with E-state index in [2.05, 4.69) is 4.98 Å². The van der Waals surface area contributed by atoms with E-state index in [1.165, 1.54) is 16.8 Å². The van der Waals surface area contributed by atoms with Crippen LogP contribution >= 0.6 is 0 Å². The largest absolute Gasteiger partial charge is 0.494 e. The van der Waals surface area contributed by atoms with Gasteiger partial charge < -0.3 is 10.5 Å². The fourth-order valence-electron chi connectivity index (χ4n) is 1.77. The Morgan fingerprint density at radius 3 is 2.79 bits per heavy atom. The number of benzene rings is 1. The van der Waals surface area contributed by atoms with Crippen LogP contribution < -0.4 is 21.7 Å². The van der Waals surface area contributed by atoms with Gasteiger partial charge in [-0.25, -0.2) is 4.79 Å². The van der Waals surface area contributed by atoms with Crippen LogP contribution in [0.2, 0.25) is 0 Å². The highest BCUT2D eigenvalue weighted by molar-refractivity contribution is 5.48. The number of rotatable bonds is 4. The summed E-state index contributed by atoms with van der Waals surface area (Å²) in [6, 6.07) is 6.56. The van der Waals surface area contributed by atoms with E-state index in [1.807, 2.05) is 6.92 Å². The molecule has 1 aromatic carbocycles. The van der Waals surface area contributed by atoms with Crippen LogP contribution in [-0.4, -0.2) is 16.2 Å². The summed E-state index contributed by atoms with van der Waals surface area (Å²) in [7, 11) is 0. The molecule has 0 unspecified atom stereocenters. The SMILES string of the molecule is CCOc1ccc(N)cc1Cn1ccc(=O)[nH]c1=O. The van der Waals surface area contributed by atoms with Crippen molar-refractivity contribution in [3.05, 3.63) is 56.9 Å². The maximum absolute atomic E-state index is 11.6. The topological polar surface area (TPSA) is 90.1 Å². The first-order chi connectivity index (χ1) is 9.10. The summed E-state index contributed by atoms with van der Waals surface area (Å²) in [6.07, 6.45) is 1.44. The molecular weight excluding hydrogens is 246 g/mol. The van der Waals surface area contributed by atoms with Gasteiger partial charge in [0.2, 0.25) is 0 Å². The zero-order valence-electron chi connectivity index (χ0n) is 10.6. The molecule has 6 nitrogen and oxygen atoms in total. The van der Waals surface area contributed by atoms with Gasteiger partial charge in [0.05, 0.1) is 13.2 Å². The lowest BCUT2D eigenvalue weighted by molar-refractivity contribution is 0.335. The molecule has 0 radical (unpaired) electrons. The molecule has 0 atom stereocenters. The molecular formula is C13H15N3O3. The van der Waals surface area contributed by atoms with Crippen molar-refractivity contribution >= 4 is 5.69 Å². The Morgan fingerprint density at radius 2 is 2.11 bits per heavy atom. The fraction of sp³-hybridized carbons (Fsp3) is 0.231. The van der Waals surface area contributed by atoms with Gasteiger partial charge in [0.15, 0.2) is 0 Å². The van der Waals surface area contributed by atoms with Crippen LogP contribution in [0.3, 0.4) is 0 Å². The Kier molecular flexibility index (Phi) is 3.70. The number of ether oxygens (including phenoxy) is 1. The lowest BCUT2D eigenvalue weighted by Crippen LogP contribution is -2.29. The average molecular weight is 261 g/mol. The van der Waals surface area contributed by atoms with Crippen LogP contribution in [0, 0.1) is 0 Å². The third-order valence-corrected chi connectivity index (χ3v) is 2.62. The molecule has 100 valence electrons. The second-order valence-electron chi connectivity index (χ2n) is 4.04. The third-order valence-electron chi connectivity index (χ3n) is 2.62. The molecule has 2 rings (SSSR count). The minimum atomic E-state index is -0.461. The number of anilines is 1. The van der Waals surface area contributed by atoms with E-state index in [0.717, 1.165) is 5.56 Å². The van der Waals surface area contributed by atoms with Crippen molar-refractivity contribution in [2.24, 2.45) is 0 Å². The predicted molar refractivity (Wildman–Crippen MR) is 72.4 cm³/mol. The summed E-state index contributed by atoms with van der Waals surface area (Å²) >= 11 is 0. The van der Waals surface area contributed by atoms with Crippen molar-refractivity contribution in [1.29, 1.82) is 0 Å². The van der Waals surface area contributed by atoms with Gasteiger partial charge in [0.1, 0.15) is 5.75 Å². The van der Waals surface area contributed by atoms with Gasteiger partial charge >= 0.3 is 5.69 Å². The Morgan fingerprint density at radius 1 is 1.32 bits per heavy atom. The molecule has 0 aliphatic heterocycles. The first-order valence-corrected chi connectivity index (χ1v) is 5.91. The minimum Gasteiger partial charge on any atom is -0.494 e. The second-order valence-corrected chi connectivity index (χ2v) is 4.04. The Hall–Kier alpha value is -2.50. The summed E-state index contributed by atoms with van der Waals surface area (Å²) in [6.45, 7) is 2.69. The van der Waals surface area contributed by atoms with E-state index >= 15 is 0 Å². The van der Waals surface area contributed by atoms with Gasteiger partial charge in [-0.1, -0.05) is 0 Å². The first-order valence-electron chi connectivity index (χ1n) is 5.91. The fourth-order valence-corrected chi connectivity index (χ4v) is 1.77. The van der Waals surface area contributed by atoms with Crippen molar-refractivity contribution in [2.75, 3.05) is 12.3 Å². The lowest BCUT2D eigenvalue weighted by Gasteiger charge is -2.12. The van der Waals surface area contributed by atoms with E-state index in [0.29, 0.717) is 18.0 Å². The Labute approximate surface area is 109 Å². The third kappa shape index (κ3) is 3.04. The molecule has 1 heterocycles. The monoisotopic (exact) mass is 261 g/mol. The van der Waals surface area contributed by atoms with Gasteiger partial charge in [-0.3, -0.25) is 14.3 Å². The van der Waals surface area contributed by atoms with Crippen molar-refractivity contribution in [2.45, 2.75) is 13.5 Å². The number of nitrogens with one attached hydrogen (secondary N) is 1. The Bertz CT molecular complexity index is 688. The van der Waals surface area contributed by atoms with Crippen molar-refractivity contribution < 1.29 is 4.74 Å². The van der Waals surface area contributed by atoms with Crippen LogP contribution in [0.4, 0.5) is 5.69 Å². The zero-order chi connectivity index (χ0) is 13.8. The van der Waals surface area contributed by atoms with Gasteiger partial charge in [-0.05, 0) is 25.1 Å². The molecule has 0 bridgehead atoms. The molecule has 0 spiro atoms. The maximum Gasteiger partial charge on any atom is 0.328 e. The minimum absolute atomic E-state index is 0.288. The quantitative estimate of drug-likeness (QED) is 0.787. The molecule has 0 saturated carbocycles. The highest BCUT2D eigenvalue weighted by Gasteiger charge is 2.06. The smallest absolute Gasteiger partial charge is 0.328 e. The van der Waals surface area contributed by atoms with Crippen LogP contribution in [0.25, 0.3) is 0 Å². The molecule has 0 aliphatic carbocycles. The van der Waals surface area contributed by atoms with E-state index in [4.69, 9.17) is 10.5 Å². The second kappa shape index (κ2) is 5.43.